The van der Waals surface area contributed by atoms with E-state index in [1.54, 1.807) is 0 Å². The Bertz CT molecular complexity index is 473. The highest BCUT2D eigenvalue weighted by Crippen LogP contribution is 2.33. The first-order valence-electron chi connectivity index (χ1n) is 10.3. The van der Waals surface area contributed by atoms with Crippen molar-refractivity contribution in [2.75, 3.05) is 13.2 Å². The van der Waals surface area contributed by atoms with Crippen LogP contribution < -0.4 is 10.5 Å². The largest absolute Gasteiger partial charge is 0.494 e. The van der Waals surface area contributed by atoms with Crippen molar-refractivity contribution < 1.29 is 9.84 Å². The fourth-order valence-electron chi connectivity index (χ4n) is 3.93. The molecular formula is C22H37NO2. The summed E-state index contributed by atoms with van der Waals surface area (Å²) >= 11 is 0. The summed E-state index contributed by atoms with van der Waals surface area (Å²) in [5.41, 5.74) is 7.41. The summed E-state index contributed by atoms with van der Waals surface area (Å²) in [7, 11) is 0. The Morgan fingerprint density at radius 1 is 1.08 bits per heavy atom. The van der Waals surface area contributed by atoms with Gasteiger partial charge in [0.05, 0.1) is 13.2 Å². The topological polar surface area (TPSA) is 55.5 Å². The number of aliphatic hydroxyl groups excluding tert-OH is 1. The van der Waals surface area contributed by atoms with Crippen LogP contribution in [0.25, 0.3) is 0 Å². The zero-order chi connectivity index (χ0) is 18.0. The number of hydrogen-bond donors (Lipinski definition) is 2. The Kier molecular flexibility index (Phi) is 8.77. The van der Waals surface area contributed by atoms with Gasteiger partial charge in [0.25, 0.3) is 0 Å². The van der Waals surface area contributed by atoms with Gasteiger partial charge < -0.3 is 15.6 Å². The zero-order valence-corrected chi connectivity index (χ0v) is 16.0. The normalized spacial score (nSPS) is 24.0. The molecule has 1 saturated carbocycles. The summed E-state index contributed by atoms with van der Waals surface area (Å²) in [6.07, 6.45) is 12.9. The van der Waals surface area contributed by atoms with Crippen LogP contribution in [0.1, 0.15) is 76.7 Å². The van der Waals surface area contributed by atoms with Gasteiger partial charge in [-0.15, -0.1) is 0 Å². The van der Waals surface area contributed by atoms with E-state index in [0.717, 1.165) is 44.5 Å². The lowest BCUT2D eigenvalue weighted by molar-refractivity contribution is 0.131. The van der Waals surface area contributed by atoms with Crippen molar-refractivity contribution in [3.63, 3.8) is 0 Å². The van der Waals surface area contributed by atoms with E-state index in [1.807, 2.05) is 0 Å². The minimum absolute atomic E-state index is 0.0941. The number of hydrogen-bond acceptors (Lipinski definition) is 3. The van der Waals surface area contributed by atoms with Gasteiger partial charge in [0.1, 0.15) is 5.75 Å². The SMILES string of the molecule is CCCCCCCOc1ccc(C[C@@H]2CCCCC[C@@]2(N)CO)cc1. The van der Waals surface area contributed by atoms with Crippen molar-refractivity contribution in [2.24, 2.45) is 11.7 Å². The van der Waals surface area contributed by atoms with E-state index in [4.69, 9.17) is 10.5 Å². The predicted molar refractivity (Wildman–Crippen MR) is 105 cm³/mol. The first-order valence-corrected chi connectivity index (χ1v) is 10.3. The second-order valence-corrected chi connectivity index (χ2v) is 7.80. The Hall–Kier alpha value is -1.06. The number of nitrogens with two attached hydrogens (primary N) is 1. The molecule has 0 bridgehead atoms. The van der Waals surface area contributed by atoms with Crippen LogP contribution in [-0.2, 0) is 6.42 Å². The summed E-state index contributed by atoms with van der Waals surface area (Å²) in [4.78, 5) is 0. The van der Waals surface area contributed by atoms with Crippen LogP contribution >= 0.6 is 0 Å². The molecule has 3 heteroatoms. The summed E-state index contributed by atoms with van der Waals surface area (Å²) in [5, 5.41) is 9.80. The number of unbranched alkanes of at least 4 members (excludes halogenated alkanes) is 4. The molecule has 2 atom stereocenters. The fraction of sp³-hybridized carbons (Fsp3) is 0.727. The maximum Gasteiger partial charge on any atom is 0.119 e. The van der Waals surface area contributed by atoms with Crippen molar-refractivity contribution in [1.82, 2.24) is 0 Å². The van der Waals surface area contributed by atoms with Crippen LogP contribution in [0.15, 0.2) is 24.3 Å². The van der Waals surface area contributed by atoms with E-state index in [1.165, 1.54) is 44.1 Å². The van der Waals surface area contributed by atoms with E-state index >= 15 is 0 Å². The zero-order valence-electron chi connectivity index (χ0n) is 16.0. The van der Waals surface area contributed by atoms with Gasteiger partial charge in [0, 0.05) is 5.54 Å². The molecule has 1 aromatic rings. The van der Waals surface area contributed by atoms with Gasteiger partial charge in [-0.2, -0.15) is 0 Å². The van der Waals surface area contributed by atoms with Crippen molar-refractivity contribution in [1.29, 1.82) is 0 Å². The quantitative estimate of drug-likeness (QED) is 0.470. The minimum atomic E-state index is -0.413. The van der Waals surface area contributed by atoms with Gasteiger partial charge in [0.15, 0.2) is 0 Å². The Labute approximate surface area is 154 Å². The Morgan fingerprint density at radius 2 is 1.84 bits per heavy atom. The lowest BCUT2D eigenvalue weighted by atomic mass is 9.78. The summed E-state index contributed by atoms with van der Waals surface area (Å²) in [6.45, 7) is 3.14. The van der Waals surface area contributed by atoms with Gasteiger partial charge in [0.2, 0.25) is 0 Å². The smallest absolute Gasteiger partial charge is 0.119 e. The van der Waals surface area contributed by atoms with E-state index in [2.05, 4.69) is 31.2 Å². The van der Waals surface area contributed by atoms with Crippen LogP contribution in [0.5, 0.6) is 5.75 Å². The summed E-state index contributed by atoms with van der Waals surface area (Å²) in [5.74, 6) is 1.33. The molecular weight excluding hydrogens is 310 g/mol. The highest BCUT2D eigenvalue weighted by Gasteiger charge is 2.35. The molecule has 0 amide bonds. The van der Waals surface area contributed by atoms with Crippen LogP contribution in [-0.4, -0.2) is 23.9 Å². The Balaban J connectivity index is 1.80. The van der Waals surface area contributed by atoms with Crippen molar-refractivity contribution >= 4 is 0 Å². The molecule has 0 spiro atoms. The average Bonchev–Trinajstić information content (AvgIpc) is 2.82. The summed E-state index contributed by atoms with van der Waals surface area (Å²) < 4.78 is 5.85. The average molecular weight is 348 g/mol. The van der Waals surface area contributed by atoms with Gasteiger partial charge in [-0.25, -0.2) is 0 Å². The second kappa shape index (κ2) is 10.8. The van der Waals surface area contributed by atoms with Crippen molar-refractivity contribution in [2.45, 2.75) is 83.1 Å². The number of aliphatic hydroxyl groups is 1. The maximum absolute atomic E-state index is 9.80. The van der Waals surface area contributed by atoms with Gasteiger partial charge in [-0.1, -0.05) is 64.0 Å². The van der Waals surface area contributed by atoms with Gasteiger partial charge in [-0.05, 0) is 49.3 Å². The van der Waals surface area contributed by atoms with Crippen LogP contribution in [0.2, 0.25) is 0 Å². The third kappa shape index (κ3) is 6.63. The highest BCUT2D eigenvalue weighted by atomic mass is 16.5. The molecule has 0 unspecified atom stereocenters. The third-order valence-electron chi connectivity index (χ3n) is 5.72. The number of benzene rings is 1. The van der Waals surface area contributed by atoms with E-state index in [9.17, 15) is 5.11 Å². The second-order valence-electron chi connectivity index (χ2n) is 7.80. The molecule has 0 aromatic heterocycles. The van der Waals surface area contributed by atoms with Crippen molar-refractivity contribution in [3.05, 3.63) is 29.8 Å². The van der Waals surface area contributed by atoms with Crippen LogP contribution in [0, 0.1) is 5.92 Å². The lowest BCUT2D eigenvalue weighted by Crippen LogP contribution is -2.50. The van der Waals surface area contributed by atoms with Gasteiger partial charge >= 0.3 is 0 Å². The molecule has 2 rings (SSSR count). The third-order valence-corrected chi connectivity index (χ3v) is 5.72. The highest BCUT2D eigenvalue weighted by molar-refractivity contribution is 5.28. The fourth-order valence-corrected chi connectivity index (χ4v) is 3.93. The van der Waals surface area contributed by atoms with Gasteiger partial charge in [-0.3, -0.25) is 0 Å². The minimum Gasteiger partial charge on any atom is -0.494 e. The molecule has 0 radical (unpaired) electrons. The molecule has 142 valence electrons. The van der Waals surface area contributed by atoms with Crippen LogP contribution in [0.3, 0.4) is 0 Å². The molecule has 25 heavy (non-hydrogen) atoms. The lowest BCUT2D eigenvalue weighted by Gasteiger charge is -2.34. The van der Waals surface area contributed by atoms with Crippen LogP contribution in [0.4, 0.5) is 0 Å². The molecule has 1 aromatic carbocycles. The monoisotopic (exact) mass is 347 g/mol. The molecule has 3 nitrogen and oxygen atoms in total. The number of rotatable bonds is 10. The standard InChI is InChI=1S/C22H37NO2/c1-2-3-4-5-9-16-25-21-13-11-19(12-14-21)17-20-10-7-6-8-15-22(20,23)18-24/h11-14,20,24H,2-10,15-18,23H2,1H3/t20-,22+/m0/s1. The molecule has 1 fully saturated rings. The molecule has 0 aliphatic heterocycles. The summed E-state index contributed by atoms with van der Waals surface area (Å²) in [6, 6.07) is 8.48. The molecule has 3 N–H and O–H groups in total. The molecule has 1 aliphatic rings. The van der Waals surface area contributed by atoms with Crippen molar-refractivity contribution in [3.8, 4) is 5.75 Å². The first kappa shape index (κ1) is 20.3. The Morgan fingerprint density at radius 3 is 2.56 bits per heavy atom. The molecule has 0 heterocycles. The predicted octanol–water partition coefficient (Wildman–Crippen LogP) is 4.85. The van der Waals surface area contributed by atoms with E-state index in [0.29, 0.717) is 5.92 Å². The molecule has 1 aliphatic carbocycles. The molecule has 0 saturated heterocycles. The number of ether oxygens (including phenoxy) is 1. The van der Waals surface area contributed by atoms with E-state index in [-0.39, 0.29) is 6.61 Å². The van der Waals surface area contributed by atoms with E-state index < -0.39 is 5.54 Å². The first-order chi connectivity index (χ1) is 12.2. The maximum atomic E-state index is 9.80.